The first-order chi connectivity index (χ1) is 9.58. The second-order valence-electron chi connectivity index (χ2n) is 4.67. The van der Waals surface area contributed by atoms with Crippen LogP contribution in [0.1, 0.15) is 18.4 Å². The van der Waals surface area contributed by atoms with Gasteiger partial charge in [0.05, 0.1) is 0 Å². The first-order valence-electron chi connectivity index (χ1n) is 6.37. The molecule has 0 spiro atoms. The Morgan fingerprint density at radius 3 is 2.95 bits per heavy atom. The summed E-state index contributed by atoms with van der Waals surface area (Å²) in [4.78, 5) is 23.3. The molecular formula is C14H17NO3S2. The van der Waals surface area contributed by atoms with E-state index in [1.54, 1.807) is 11.8 Å². The summed E-state index contributed by atoms with van der Waals surface area (Å²) in [5, 5.41) is 11.5. The Kier molecular flexibility index (Phi) is 5.37. The van der Waals surface area contributed by atoms with Gasteiger partial charge in [0.25, 0.3) is 0 Å². The van der Waals surface area contributed by atoms with Gasteiger partial charge in [0, 0.05) is 35.0 Å². The van der Waals surface area contributed by atoms with Crippen molar-refractivity contribution in [2.24, 2.45) is 0 Å². The molecule has 1 heterocycles. The molecule has 108 valence electrons. The molecule has 0 aromatic heterocycles. The van der Waals surface area contributed by atoms with E-state index in [2.05, 4.69) is 17.4 Å². The third-order valence-electron chi connectivity index (χ3n) is 3.08. The van der Waals surface area contributed by atoms with E-state index in [0.29, 0.717) is 11.7 Å². The monoisotopic (exact) mass is 311 g/mol. The summed E-state index contributed by atoms with van der Waals surface area (Å²) < 4.78 is 0. The van der Waals surface area contributed by atoms with Crippen molar-refractivity contribution in [1.82, 2.24) is 5.32 Å². The molecule has 1 aromatic rings. The number of rotatable bonds is 6. The highest BCUT2D eigenvalue weighted by atomic mass is 32.2. The van der Waals surface area contributed by atoms with Crippen molar-refractivity contribution in [3.8, 4) is 0 Å². The van der Waals surface area contributed by atoms with Gasteiger partial charge in [-0.1, -0.05) is 18.2 Å². The molecule has 0 radical (unpaired) electrons. The zero-order valence-corrected chi connectivity index (χ0v) is 12.8. The van der Waals surface area contributed by atoms with Gasteiger partial charge in [-0.3, -0.25) is 4.79 Å². The number of carbonyl (C=O) groups is 2. The molecule has 0 saturated heterocycles. The van der Waals surface area contributed by atoms with Crippen LogP contribution >= 0.6 is 23.5 Å². The van der Waals surface area contributed by atoms with Crippen molar-refractivity contribution >= 4 is 35.4 Å². The third kappa shape index (κ3) is 3.93. The molecule has 0 aliphatic carbocycles. The molecule has 4 nitrogen and oxygen atoms in total. The number of amides is 1. The van der Waals surface area contributed by atoms with E-state index in [4.69, 9.17) is 5.11 Å². The average molecular weight is 311 g/mol. The number of benzene rings is 1. The number of carbonyl (C=O) groups excluding carboxylic acids is 1. The van der Waals surface area contributed by atoms with E-state index in [9.17, 15) is 9.59 Å². The van der Waals surface area contributed by atoms with E-state index < -0.39 is 12.0 Å². The minimum atomic E-state index is -0.978. The molecule has 1 aromatic carbocycles. The fourth-order valence-corrected chi connectivity index (χ4v) is 4.70. The van der Waals surface area contributed by atoms with Crippen LogP contribution < -0.4 is 5.32 Å². The Labute approximate surface area is 126 Å². The molecule has 1 aliphatic heterocycles. The van der Waals surface area contributed by atoms with E-state index in [-0.39, 0.29) is 5.91 Å². The van der Waals surface area contributed by atoms with Crippen LogP contribution in [0, 0.1) is 0 Å². The first kappa shape index (κ1) is 15.3. The van der Waals surface area contributed by atoms with Crippen molar-refractivity contribution in [1.29, 1.82) is 0 Å². The standard InChI is InChI=1S/C14H17NO3S2/c1-9(16)15-12(14(17)18)8-19-6-10-7-20-13-5-3-2-4-11(10)13/h2-5,10,12H,6-8H2,1H3,(H,15,16)(H,17,18). The van der Waals surface area contributed by atoms with Crippen LogP contribution in [0.5, 0.6) is 0 Å². The van der Waals surface area contributed by atoms with Gasteiger partial charge in [0.2, 0.25) is 5.91 Å². The number of nitrogens with one attached hydrogen (secondary N) is 1. The lowest BCUT2D eigenvalue weighted by molar-refractivity contribution is -0.140. The van der Waals surface area contributed by atoms with Gasteiger partial charge in [-0.15, -0.1) is 11.8 Å². The number of thioether (sulfide) groups is 2. The summed E-state index contributed by atoms with van der Waals surface area (Å²) >= 11 is 3.44. The van der Waals surface area contributed by atoms with Crippen LogP contribution in [-0.2, 0) is 9.59 Å². The molecule has 2 N–H and O–H groups in total. The second kappa shape index (κ2) is 7.04. The highest BCUT2D eigenvalue weighted by Crippen LogP contribution is 2.40. The smallest absolute Gasteiger partial charge is 0.327 e. The van der Waals surface area contributed by atoms with Crippen LogP contribution in [0.4, 0.5) is 0 Å². The van der Waals surface area contributed by atoms with Crippen molar-refractivity contribution in [2.45, 2.75) is 23.8 Å². The van der Waals surface area contributed by atoms with Crippen LogP contribution in [0.15, 0.2) is 29.2 Å². The topological polar surface area (TPSA) is 66.4 Å². The molecule has 6 heteroatoms. The number of aliphatic carboxylic acids is 1. The Morgan fingerprint density at radius 1 is 1.50 bits per heavy atom. The zero-order chi connectivity index (χ0) is 14.5. The van der Waals surface area contributed by atoms with Crippen molar-refractivity contribution in [3.63, 3.8) is 0 Å². The predicted octanol–water partition coefficient (Wildman–Crippen LogP) is 2.20. The summed E-state index contributed by atoms with van der Waals surface area (Å²) in [6, 6.07) is 7.55. The quantitative estimate of drug-likeness (QED) is 0.843. The summed E-state index contributed by atoms with van der Waals surface area (Å²) in [6.45, 7) is 1.34. The molecule has 2 unspecified atom stereocenters. The first-order valence-corrected chi connectivity index (χ1v) is 8.51. The highest BCUT2D eigenvalue weighted by Gasteiger charge is 2.24. The molecular weight excluding hydrogens is 294 g/mol. The van der Waals surface area contributed by atoms with Crippen LogP contribution in [0.2, 0.25) is 0 Å². The van der Waals surface area contributed by atoms with Gasteiger partial charge in [0.1, 0.15) is 6.04 Å². The van der Waals surface area contributed by atoms with Crippen LogP contribution in [0.3, 0.4) is 0 Å². The van der Waals surface area contributed by atoms with E-state index in [1.165, 1.54) is 17.4 Å². The normalized spacial score (nSPS) is 18.4. The molecule has 20 heavy (non-hydrogen) atoms. The summed E-state index contributed by atoms with van der Waals surface area (Å²) in [5.74, 6) is 1.51. The molecule has 0 saturated carbocycles. The largest absolute Gasteiger partial charge is 0.480 e. The Bertz CT molecular complexity index is 507. The molecule has 0 bridgehead atoms. The fourth-order valence-electron chi connectivity index (χ4n) is 2.12. The van der Waals surface area contributed by atoms with Crippen LogP contribution in [-0.4, -0.2) is 40.3 Å². The Morgan fingerprint density at radius 2 is 2.25 bits per heavy atom. The lowest BCUT2D eigenvalue weighted by Crippen LogP contribution is -2.41. The van der Waals surface area contributed by atoms with Crippen molar-refractivity contribution in [2.75, 3.05) is 17.3 Å². The minimum Gasteiger partial charge on any atom is -0.480 e. The number of carboxylic acid groups (broad SMARTS) is 1. The van der Waals surface area contributed by atoms with Gasteiger partial charge < -0.3 is 10.4 Å². The van der Waals surface area contributed by atoms with Gasteiger partial charge in [0.15, 0.2) is 0 Å². The van der Waals surface area contributed by atoms with Gasteiger partial charge in [-0.25, -0.2) is 4.79 Å². The maximum Gasteiger partial charge on any atom is 0.327 e. The molecule has 0 fully saturated rings. The van der Waals surface area contributed by atoms with Crippen molar-refractivity contribution in [3.05, 3.63) is 29.8 Å². The maximum absolute atomic E-state index is 11.0. The second-order valence-corrected chi connectivity index (χ2v) is 6.81. The lowest BCUT2D eigenvalue weighted by Gasteiger charge is -2.15. The van der Waals surface area contributed by atoms with E-state index in [0.717, 1.165) is 11.5 Å². The summed E-state index contributed by atoms with van der Waals surface area (Å²) in [7, 11) is 0. The fraction of sp³-hybridized carbons (Fsp3) is 0.429. The number of fused-ring (bicyclic) bond motifs is 1. The number of hydrogen-bond acceptors (Lipinski definition) is 4. The van der Waals surface area contributed by atoms with E-state index in [1.807, 2.05) is 23.9 Å². The zero-order valence-electron chi connectivity index (χ0n) is 11.2. The molecule has 2 rings (SSSR count). The highest BCUT2D eigenvalue weighted by molar-refractivity contribution is 8.00. The minimum absolute atomic E-state index is 0.306. The van der Waals surface area contributed by atoms with Crippen molar-refractivity contribution < 1.29 is 14.7 Å². The van der Waals surface area contributed by atoms with Gasteiger partial charge >= 0.3 is 5.97 Å². The maximum atomic E-state index is 11.0. The average Bonchev–Trinajstić information content (AvgIpc) is 2.80. The Hall–Kier alpha value is -1.14. The SMILES string of the molecule is CC(=O)NC(CSCC1CSc2ccccc21)C(=O)O. The number of carboxylic acids is 1. The van der Waals surface area contributed by atoms with Crippen LogP contribution in [0.25, 0.3) is 0 Å². The predicted molar refractivity (Wildman–Crippen MR) is 82.5 cm³/mol. The van der Waals surface area contributed by atoms with Gasteiger partial charge in [-0.05, 0) is 11.6 Å². The Balaban J connectivity index is 1.84. The summed E-state index contributed by atoms with van der Waals surface area (Å²) in [6.07, 6.45) is 0. The molecule has 1 amide bonds. The molecule has 1 aliphatic rings. The number of hydrogen-bond donors (Lipinski definition) is 2. The van der Waals surface area contributed by atoms with Gasteiger partial charge in [-0.2, -0.15) is 11.8 Å². The lowest BCUT2D eigenvalue weighted by atomic mass is 10.0. The molecule has 2 atom stereocenters. The third-order valence-corrected chi connectivity index (χ3v) is 5.54. The summed E-state index contributed by atoms with van der Waals surface area (Å²) in [5.41, 5.74) is 1.36. The van der Waals surface area contributed by atoms with E-state index >= 15 is 0 Å².